The molecule has 2 unspecified atom stereocenters. The molecule has 1 amide bonds. The topological polar surface area (TPSA) is 55.8 Å². The third-order valence-corrected chi connectivity index (χ3v) is 5.70. The average molecular weight is 426 g/mol. The zero-order valence-corrected chi connectivity index (χ0v) is 19.4. The highest BCUT2D eigenvalue weighted by molar-refractivity contribution is 6.30. The normalized spacial score (nSPS) is 13.3. The van der Waals surface area contributed by atoms with Crippen LogP contribution in [0.2, 0.25) is 5.02 Å². The van der Waals surface area contributed by atoms with E-state index >= 15 is 0 Å². The van der Waals surface area contributed by atoms with Gasteiger partial charge in [0, 0.05) is 18.1 Å². The predicted molar refractivity (Wildman–Crippen MR) is 117 cm³/mol. The molecular weight excluding hydrogens is 390 g/mol. The molecule has 0 heterocycles. The number of carbonyl (C=O) groups is 2. The van der Waals surface area contributed by atoms with Crippen molar-refractivity contribution in [1.29, 1.82) is 0 Å². The maximum Gasteiger partial charge on any atom is 0.409 e. The van der Waals surface area contributed by atoms with Gasteiger partial charge < -0.3 is 14.4 Å². The van der Waals surface area contributed by atoms with Crippen molar-refractivity contribution in [3.05, 3.63) is 34.9 Å². The first-order chi connectivity index (χ1) is 13.7. The average Bonchev–Trinajstić information content (AvgIpc) is 2.67. The van der Waals surface area contributed by atoms with Gasteiger partial charge in [0.1, 0.15) is 0 Å². The van der Waals surface area contributed by atoms with Crippen LogP contribution in [-0.2, 0) is 9.47 Å². The Hall–Kier alpha value is -1.75. The summed E-state index contributed by atoms with van der Waals surface area (Å²) < 4.78 is 11.1. The highest BCUT2D eigenvalue weighted by Crippen LogP contribution is 2.31. The molecule has 29 heavy (non-hydrogen) atoms. The number of benzene rings is 1. The Labute approximate surface area is 180 Å². The standard InChI is InChI=1S/C23H36ClNO4/c1-7-25(8-2)23(27)29-15-21(17(5)6)20(16(3)4)13-14-28-22(26)18-9-11-19(24)12-10-18/h9-12,16-17,20-21H,7-8,13-15H2,1-6H3. The Morgan fingerprint density at radius 2 is 1.48 bits per heavy atom. The van der Waals surface area contributed by atoms with Crippen molar-refractivity contribution >= 4 is 23.7 Å². The molecule has 164 valence electrons. The molecule has 5 nitrogen and oxygen atoms in total. The maximum absolute atomic E-state index is 12.2. The number of nitrogens with zero attached hydrogens (tertiary/aromatic N) is 1. The Bertz CT molecular complexity index is 626. The quantitative estimate of drug-likeness (QED) is 0.413. The third-order valence-electron chi connectivity index (χ3n) is 5.45. The SMILES string of the molecule is CCN(CC)C(=O)OCC(C(C)C)C(CCOC(=O)c1ccc(Cl)cc1)C(C)C. The van der Waals surface area contributed by atoms with Gasteiger partial charge in [0.15, 0.2) is 0 Å². The lowest BCUT2D eigenvalue weighted by Crippen LogP contribution is -2.35. The molecule has 0 saturated heterocycles. The zero-order chi connectivity index (χ0) is 22.0. The van der Waals surface area contributed by atoms with E-state index in [9.17, 15) is 9.59 Å². The second-order valence-electron chi connectivity index (χ2n) is 8.00. The van der Waals surface area contributed by atoms with E-state index in [2.05, 4.69) is 27.7 Å². The van der Waals surface area contributed by atoms with Crippen molar-refractivity contribution in [2.24, 2.45) is 23.7 Å². The lowest BCUT2D eigenvalue weighted by atomic mass is 9.76. The maximum atomic E-state index is 12.2. The molecule has 0 saturated carbocycles. The van der Waals surface area contributed by atoms with E-state index in [-0.39, 0.29) is 23.9 Å². The van der Waals surface area contributed by atoms with Gasteiger partial charge in [-0.3, -0.25) is 0 Å². The molecule has 6 heteroatoms. The van der Waals surface area contributed by atoms with Crippen molar-refractivity contribution < 1.29 is 19.1 Å². The Kier molecular flexibility index (Phi) is 11.1. The van der Waals surface area contributed by atoms with E-state index in [1.165, 1.54) is 0 Å². The minimum atomic E-state index is -0.349. The van der Waals surface area contributed by atoms with Crippen LogP contribution in [0.4, 0.5) is 4.79 Å². The van der Waals surface area contributed by atoms with Crippen LogP contribution in [0, 0.1) is 23.7 Å². The minimum absolute atomic E-state index is 0.198. The van der Waals surface area contributed by atoms with Crippen LogP contribution in [0.15, 0.2) is 24.3 Å². The summed E-state index contributed by atoms with van der Waals surface area (Å²) in [5.74, 6) is 0.849. The van der Waals surface area contributed by atoms with Crippen molar-refractivity contribution in [3.63, 3.8) is 0 Å². The van der Waals surface area contributed by atoms with E-state index < -0.39 is 0 Å². The predicted octanol–water partition coefficient (Wildman–Crippen LogP) is 5.91. The molecule has 0 N–H and O–H groups in total. The van der Waals surface area contributed by atoms with E-state index in [0.29, 0.717) is 48.7 Å². The number of rotatable bonds is 11. The van der Waals surface area contributed by atoms with Crippen LogP contribution < -0.4 is 0 Å². The Morgan fingerprint density at radius 3 is 1.97 bits per heavy atom. The lowest BCUT2D eigenvalue weighted by molar-refractivity contribution is 0.0325. The summed E-state index contributed by atoms with van der Waals surface area (Å²) in [6.45, 7) is 14.5. The molecule has 1 aromatic rings. The first kappa shape index (κ1) is 25.3. The Balaban J connectivity index is 2.67. The fourth-order valence-electron chi connectivity index (χ4n) is 3.55. The fourth-order valence-corrected chi connectivity index (χ4v) is 3.68. The van der Waals surface area contributed by atoms with Gasteiger partial charge in [0.2, 0.25) is 0 Å². The lowest BCUT2D eigenvalue weighted by Gasteiger charge is -2.33. The first-order valence-corrected chi connectivity index (χ1v) is 10.9. The summed E-state index contributed by atoms with van der Waals surface area (Å²) in [5, 5.41) is 0.584. The molecule has 1 rings (SSSR count). The molecule has 0 aromatic heterocycles. The molecular formula is C23H36ClNO4. The van der Waals surface area contributed by atoms with Crippen LogP contribution >= 0.6 is 11.6 Å². The van der Waals surface area contributed by atoms with Gasteiger partial charge in [-0.15, -0.1) is 0 Å². The molecule has 0 spiro atoms. The molecule has 0 bridgehead atoms. The molecule has 0 radical (unpaired) electrons. The summed E-state index contributed by atoms with van der Waals surface area (Å²) in [6.07, 6.45) is 0.458. The summed E-state index contributed by atoms with van der Waals surface area (Å²) >= 11 is 5.86. The highest BCUT2D eigenvalue weighted by atomic mass is 35.5. The first-order valence-electron chi connectivity index (χ1n) is 10.6. The van der Waals surface area contributed by atoms with Gasteiger partial charge in [0.25, 0.3) is 0 Å². The van der Waals surface area contributed by atoms with Gasteiger partial charge in [-0.05, 0) is 68.2 Å². The molecule has 0 aliphatic rings. The monoisotopic (exact) mass is 425 g/mol. The molecule has 0 aliphatic heterocycles. The number of carbonyl (C=O) groups excluding carboxylic acids is 2. The summed E-state index contributed by atoms with van der Waals surface area (Å²) in [5.41, 5.74) is 0.490. The number of halogens is 1. The second kappa shape index (κ2) is 12.7. The number of ether oxygens (including phenoxy) is 2. The third kappa shape index (κ3) is 8.25. The van der Waals surface area contributed by atoms with Crippen molar-refractivity contribution in [3.8, 4) is 0 Å². The molecule has 2 atom stereocenters. The smallest absolute Gasteiger partial charge is 0.409 e. The summed E-state index contributed by atoms with van der Waals surface area (Å²) in [4.78, 5) is 26.1. The van der Waals surface area contributed by atoms with Crippen molar-refractivity contribution in [2.45, 2.75) is 48.0 Å². The van der Waals surface area contributed by atoms with E-state index in [0.717, 1.165) is 6.42 Å². The van der Waals surface area contributed by atoms with Gasteiger partial charge >= 0.3 is 12.1 Å². The van der Waals surface area contributed by atoms with E-state index in [4.69, 9.17) is 21.1 Å². The van der Waals surface area contributed by atoms with Gasteiger partial charge in [-0.25, -0.2) is 9.59 Å². The number of amides is 1. The van der Waals surface area contributed by atoms with Gasteiger partial charge in [-0.2, -0.15) is 0 Å². The zero-order valence-electron chi connectivity index (χ0n) is 18.6. The fraction of sp³-hybridized carbons (Fsp3) is 0.652. The molecule has 0 fully saturated rings. The van der Waals surface area contributed by atoms with Gasteiger partial charge in [-0.1, -0.05) is 39.3 Å². The largest absolute Gasteiger partial charge is 0.462 e. The van der Waals surface area contributed by atoms with Gasteiger partial charge in [0.05, 0.1) is 18.8 Å². The van der Waals surface area contributed by atoms with Crippen LogP contribution in [0.5, 0.6) is 0 Å². The Morgan fingerprint density at radius 1 is 0.931 bits per heavy atom. The summed E-state index contributed by atoms with van der Waals surface area (Å²) in [7, 11) is 0. The van der Waals surface area contributed by atoms with E-state index in [1.54, 1.807) is 29.2 Å². The summed E-state index contributed by atoms with van der Waals surface area (Å²) in [6, 6.07) is 6.67. The van der Waals surface area contributed by atoms with Crippen LogP contribution in [-0.4, -0.2) is 43.3 Å². The van der Waals surface area contributed by atoms with Crippen LogP contribution in [0.1, 0.15) is 58.3 Å². The minimum Gasteiger partial charge on any atom is -0.462 e. The number of esters is 1. The highest BCUT2D eigenvalue weighted by Gasteiger charge is 2.29. The van der Waals surface area contributed by atoms with Crippen molar-refractivity contribution in [1.82, 2.24) is 4.90 Å². The number of hydrogen-bond acceptors (Lipinski definition) is 4. The molecule has 0 aliphatic carbocycles. The number of hydrogen-bond donors (Lipinski definition) is 0. The van der Waals surface area contributed by atoms with Crippen LogP contribution in [0.3, 0.4) is 0 Å². The van der Waals surface area contributed by atoms with E-state index in [1.807, 2.05) is 13.8 Å². The van der Waals surface area contributed by atoms with Crippen molar-refractivity contribution in [2.75, 3.05) is 26.3 Å². The second-order valence-corrected chi connectivity index (χ2v) is 8.43. The van der Waals surface area contributed by atoms with Crippen LogP contribution in [0.25, 0.3) is 0 Å². The molecule has 1 aromatic carbocycles.